The molecular weight excluding hydrogens is 203 g/mol. The van der Waals surface area contributed by atoms with Gasteiger partial charge in [0.1, 0.15) is 0 Å². The van der Waals surface area contributed by atoms with Crippen molar-refractivity contribution in [1.29, 1.82) is 0 Å². The highest BCUT2D eigenvalue weighted by Crippen LogP contribution is 2.40. The third-order valence-electron chi connectivity index (χ3n) is 1.60. The highest BCUT2D eigenvalue weighted by molar-refractivity contribution is 7.52. The van der Waals surface area contributed by atoms with E-state index in [1.807, 2.05) is 6.07 Å². The first-order chi connectivity index (χ1) is 6.50. The number of aliphatic hydroxyl groups is 1. The summed E-state index contributed by atoms with van der Waals surface area (Å²) >= 11 is 0. The minimum atomic E-state index is -4.42. The second kappa shape index (κ2) is 4.53. The smallest absolute Gasteiger partial charge is 0.357 e. The normalized spacial score (nSPS) is 14.5. The molecule has 0 amide bonds. The molecule has 0 saturated carbocycles. The first kappa shape index (κ1) is 11.1. The van der Waals surface area contributed by atoms with Gasteiger partial charge in [0, 0.05) is 0 Å². The lowest BCUT2D eigenvalue weighted by atomic mass is 10.2. The van der Waals surface area contributed by atoms with Crippen LogP contribution in [-0.4, -0.2) is 20.7 Å². The fraction of sp³-hybridized carbons (Fsp3) is 0.111. The first-order valence-corrected chi connectivity index (χ1v) is 5.65. The maximum atomic E-state index is 10.5. The standard InChI is InChI=1S/C9H11O4P/c10-9(14(11,12)13)7-6-8-4-2-1-3-5-8/h1-7,9-10H,(H2,11,12,13)/t9-/m0/s1. The summed E-state index contributed by atoms with van der Waals surface area (Å²) in [6.07, 6.45) is 2.54. The predicted octanol–water partition coefficient (Wildman–Crippen LogP) is 1.20. The Balaban J connectivity index is 2.70. The lowest BCUT2D eigenvalue weighted by Crippen LogP contribution is -2.01. The number of benzene rings is 1. The lowest BCUT2D eigenvalue weighted by Gasteiger charge is -2.06. The van der Waals surface area contributed by atoms with E-state index in [1.165, 1.54) is 6.08 Å². The van der Waals surface area contributed by atoms with Crippen molar-refractivity contribution in [3.63, 3.8) is 0 Å². The van der Waals surface area contributed by atoms with Crippen molar-refractivity contribution in [2.24, 2.45) is 0 Å². The van der Waals surface area contributed by atoms with E-state index in [9.17, 15) is 4.57 Å². The Kier molecular flexibility index (Phi) is 3.61. The molecule has 3 N–H and O–H groups in total. The molecule has 0 heterocycles. The van der Waals surface area contributed by atoms with Gasteiger partial charge in [-0.25, -0.2) is 0 Å². The Morgan fingerprint density at radius 3 is 2.29 bits per heavy atom. The summed E-state index contributed by atoms with van der Waals surface area (Å²) in [5.74, 6) is -1.73. The molecule has 1 atom stereocenters. The molecule has 1 aromatic carbocycles. The number of aliphatic hydroxyl groups excluding tert-OH is 1. The van der Waals surface area contributed by atoms with Crippen LogP contribution in [0.25, 0.3) is 6.08 Å². The molecule has 0 saturated heterocycles. The van der Waals surface area contributed by atoms with Crippen LogP contribution < -0.4 is 0 Å². The summed E-state index contributed by atoms with van der Waals surface area (Å²) in [7, 11) is -4.42. The van der Waals surface area contributed by atoms with Crippen LogP contribution in [0, 0.1) is 0 Å². The highest BCUT2D eigenvalue weighted by Gasteiger charge is 2.22. The molecule has 0 aliphatic carbocycles. The van der Waals surface area contributed by atoms with E-state index in [1.54, 1.807) is 24.3 Å². The van der Waals surface area contributed by atoms with Gasteiger partial charge in [0.05, 0.1) is 0 Å². The molecule has 0 fully saturated rings. The molecule has 0 radical (unpaired) electrons. The van der Waals surface area contributed by atoms with Gasteiger partial charge in [-0.2, -0.15) is 0 Å². The largest absolute Gasteiger partial charge is 0.377 e. The Labute approximate surface area is 81.7 Å². The Bertz CT molecular complexity index is 354. The molecule has 4 nitrogen and oxygen atoms in total. The molecular formula is C9H11O4P. The van der Waals surface area contributed by atoms with E-state index >= 15 is 0 Å². The van der Waals surface area contributed by atoms with Crippen LogP contribution in [0.3, 0.4) is 0 Å². The van der Waals surface area contributed by atoms with Crippen LogP contribution in [0.1, 0.15) is 5.56 Å². The second-order valence-electron chi connectivity index (χ2n) is 2.77. The Hall–Kier alpha value is -0.930. The van der Waals surface area contributed by atoms with Crippen molar-refractivity contribution >= 4 is 13.7 Å². The van der Waals surface area contributed by atoms with Crippen molar-refractivity contribution in [3.05, 3.63) is 42.0 Å². The zero-order valence-corrected chi connectivity index (χ0v) is 8.21. The van der Waals surface area contributed by atoms with Crippen LogP contribution in [0.2, 0.25) is 0 Å². The average Bonchev–Trinajstić information content (AvgIpc) is 2.14. The molecule has 1 aromatic rings. The Morgan fingerprint density at radius 2 is 1.79 bits per heavy atom. The lowest BCUT2D eigenvalue weighted by molar-refractivity contribution is 0.239. The summed E-state index contributed by atoms with van der Waals surface area (Å²) in [5.41, 5.74) is 0.778. The topological polar surface area (TPSA) is 77.8 Å². The van der Waals surface area contributed by atoms with Crippen LogP contribution in [0.15, 0.2) is 36.4 Å². The molecule has 0 aliphatic rings. The molecule has 0 spiro atoms. The van der Waals surface area contributed by atoms with Crippen LogP contribution >= 0.6 is 7.60 Å². The van der Waals surface area contributed by atoms with E-state index in [0.29, 0.717) is 0 Å². The van der Waals surface area contributed by atoms with E-state index in [0.717, 1.165) is 11.6 Å². The first-order valence-electron chi connectivity index (χ1n) is 3.96. The van der Waals surface area contributed by atoms with Gasteiger partial charge < -0.3 is 14.9 Å². The van der Waals surface area contributed by atoms with Gasteiger partial charge in [-0.1, -0.05) is 36.4 Å². The van der Waals surface area contributed by atoms with Crippen molar-refractivity contribution in [2.75, 3.05) is 0 Å². The van der Waals surface area contributed by atoms with E-state index in [4.69, 9.17) is 14.9 Å². The monoisotopic (exact) mass is 214 g/mol. The number of rotatable bonds is 3. The van der Waals surface area contributed by atoms with Crippen LogP contribution in [0.4, 0.5) is 0 Å². The van der Waals surface area contributed by atoms with Crippen molar-refractivity contribution in [1.82, 2.24) is 0 Å². The summed E-state index contributed by atoms with van der Waals surface area (Å²) < 4.78 is 10.5. The van der Waals surface area contributed by atoms with Crippen molar-refractivity contribution in [3.8, 4) is 0 Å². The van der Waals surface area contributed by atoms with Crippen LogP contribution in [0.5, 0.6) is 0 Å². The fourth-order valence-corrected chi connectivity index (χ4v) is 1.18. The van der Waals surface area contributed by atoms with Gasteiger partial charge in [-0.15, -0.1) is 0 Å². The van der Waals surface area contributed by atoms with E-state index < -0.39 is 13.4 Å². The summed E-state index contributed by atoms with van der Waals surface area (Å²) in [5, 5.41) is 9.00. The maximum absolute atomic E-state index is 10.5. The number of hydrogen-bond donors (Lipinski definition) is 3. The molecule has 76 valence electrons. The molecule has 0 aromatic heterocycles. The van der Waals surface area contributed by atoms with E-state index in [-0.39, 0.29) is 0 Å². The maximum Gasteiger partial charge on any atom is 0.357 e. The van der Waals surface area contributed by atoms with Gasteiger partial charge in [-0.05, 0) is 11.6 Å². The molecule has 0 aliphatic heterocycles. The van der Waals surface area contributed by atoms with Crippen molar-refractivity contribution in [2.45, 2.75) is 5.85 Å². The predicted molar refractivity (Wildman–Crippen MR) is 53.5 cm³/mol. The summed E-state index contributed by atoms with van der Waals surface area (Å²) in [6.45, 7) is 0. The zero-order valence-electron chi connectivity index (χ0n) is 7.32. The zero-order chi connectivity index (χ0) is 10.6. The second-order valence-corrected chi connectivity index (χ2v) is 4.48. The Morgan fingerprint density at radius 1 is 1.21 bits per heavy atom. The van der Waals surface area contributed by atoms with Gasteiger partial charge in [0.15, 0.2) is 5.85 Å². The summed E-state index contributed by atoms with van der Waals surface area (Å²) in [4.78, 5) is 17.1. The third kappa shape index (κ3) is 3.44. The van der Waals surface area contributed by atoms with Gasteiger partial charge in [0.25, 0.3) is 0 Å². The van der Waals surface area contributed by atoms with Gasteiger partial charge in [-0.3, -0.25) is 4.57 Å². The highest BCUT2D eigenvalue weighted by atomic mass is 31.2. The molecule has 1 rings (SSSR count). The summed E-state index contributed by atoms with van der Waals surface area (Å²) in [6, 6.07) is 8.95. The third-order valence-corrected chi connectivity index (χ3v) is 2.47. The molecule has 5 heteroatoms. The molecule has 14 heavy (non-hydrogen) atoms. The quantitative estimate of drug-likeness (QED) is 0.660. The van der Waals surface area contributed by atoms with Crippen LogP contribution in [-0.2, 0) is 4.57 Å². The average molecular weight is 214 g/mol. The molecule has 0 unspecified atom stereocenters. The van der Waals surface area contributed by atoms with E-state index in [2.05, 4.69) is 0 Å². The van der Waals surface area contributed by atoms with Crippen molar-refractivity contribution < 1.29 is 19.5 Å². The minimum Gasteiger partial charge on any atom is -0.377 e. The van der Waals surface area contributed by atoms with Gasteiger partial charge in [0.2, 0.25) is 0 Å². The fourth-order valence-electron chi connectivity index (χ4n) is 0.873. The SMILES string of the molecule is O=P(O)(O)[C@H](O)C=Cc1ccccc1. The van der Waals surface area contributed by atoms with Gasteiger partial charge >= 0.3 is 7.60 Å². The molecule has 0 bridgehead atoms. The minimum absolute atomic E-state index is 0.778. The number of hydrogen-bond acceptors (Lipinski definition) is 2.